The van der Waals surface area contributed by atoms with E-state index >= 15 is 0 Å². The van der Waals surface area contributed by atoms with E-state index in [0.29, 0.717) is 4.91 Å². The van der Waals surface area contributed by atoms with Gasteiger partial charge in [-0.15, -0.1) is 0 Å². The smallest absolute Gasteiger partial charge is 0.290 e. The summed E-state index contributed by atoms with van der Waals surface area (Å²) < 4.78 is 5.23. The summed E-state index contributed by atoms with van der Waals surface area (Å²) in [5.74, 6) is 0.572. The van der Waals surface area contributed by atoms with Gasteiger partial charge in [0.15, 0.2) is 0 Å². The van der Waals surface area contributed by atoms with Gasteiger partial charge in [-0.3, -0.25) is 14.9 Å². The molecule has 5 heteroatoms. The molecule has 1 fully saturated rings. The van der Waals surface area contributed by atoms with Crippen molar-refractivity contribution in [1.29, 1.82) is 0 Å². The Morgan fingerprint density at radius 3 is 2.57 bits per heavy atom. The van der Waals surface area contributed by atoms with Crippen molar-refractivity contribution in [2.75, 3.05) is 7.11 Å². The predicted octanol–water partition coefficient (Wildman–Crippen LogP) is 4.04. The fourth-order valence-electron chi connectivity index (χ4n) is 2.60. The first-order valence-electron chi connectivity index (χ1n) is 7.36. The largest absolute Gasteiger partial charge is 0.497 e. The van der Waals surface area contributed by atoms with Crippen LogP contribution in [-0.4, -0.2) is 18.3 Å². The molecule has 2 aromatic rings. The molecule has 0 atom stereocenters. The van der Waals surface area contributed by atoms with Gasteiger partial charge in [-0.2, -0.15) is 0 Å². The number of imide groups is 1. The summed E-state index contributed by atoms with van der Waals surface area (Å²) in [7, 11) is 1.66. The maximum atomic E-state index is 11.7. The van der Waals surface area contributed by atoms with Gasteiger partial charge >= 0.3 is 0 Å². The summed E-state index contributed by atoms with van der Waals surface area (Å²) in [6, 6.07) is 12.3. The standard InChI is InChI=1S/C18H17NO3S/c1-11(16-17(20)19-18(21)23-16)3-4-12-5-6-14-10-15(22-2)8-7-13(14)9-12/h5-10H,3-4H2,1-2H3,(H,19,20,21)/b16-11+. The van der Waals surface area contributed by atoms with Gasteiger partial charge in [-0.1, -0.05) is 29.8 Å². The van der Waals surface area contributed by atoms with Crippen LogP contribution in [0.5, 0.6) is 5.75 Å². The first-order valence-corrected chi connectivity index (χ1v) is 8.18. The summed E-state index contributed by atoms with van der Waals surface area (Å²) in [6.45, 7) is 1.91. The molecule has 0 spiro atoms. The minimum absolute atomic E-state index is 0.275. The van der Waals surface area contributed by atoms with Crippen molar-refractivity contribution in [3.8, 4) is 5.75 Å². The topological polar surface area (TPSA) is 55.4 Å². The van der Waals surface area contributed by atoms with Crippen molar-refractivity contribution in [3.05, 3.63) is 52.4 Å². The van der Waals surface area contributed by atoms with Crippen molar-refractivity contribution in [2.45, 2.75) is 19.8 Å². The van der Waals surface area contributed by atoms with Gasteiger partial charge in [0.2, 0.25) is 0 Å². The molecule has 1 saturated heterocycles. The predicted molar refractivity (Wildman–Crippen MR) is 92.7 cm³/mol. The van der Waals surface area contributed by atoms with Crippen LogP contribution in [0.15, 0.2) is 46.9 Å². The molecular weight excluding hydrogens is 310 g/mol. The van der Waals surface area contributed by atoms with Gasteiger partial charge in [0.1, 0.15) is 5.75 Å². The monoisotopic (exact) mass is 327 g/mol. The fourth-order valence-corrected chi connectivity index (χ4v) is 3.35. The zero-order chi connectivity index (χ0) is 16.4. The third kappa shape index (κ3) is 3.40. The molecule has 23 heavy (non-hydrogen) atoms. The highest BCUT2D eigenvalue weighted by Gasteiger charge is 2.26. The molecule has 1 aliphatic heterocycles. The van der Waals surface area contributed by atoms with E-state index in [0.717, 1.165) is 46.7 Å². The van der Waals surface area contributed by atoms with Crippen LogP contribution in [0.25, 0.3) is 10.8 Å². The van der Waals surface area contributed by atoms with E-state index in [4.69, 9.17) is 4.74 Å². The van der Waals surface area contributed by atoms with Crippen molar-refractivity contribution < 1.29 is 14.3 Å². The normalized spacial score (nSPS) is 16.6. The van der Waals surface area contributed by atoms with Gasteiger partial charge in [0.25, 0.3) is 11.1 Å². The number of ether oxygens (including phenoxy) is 1. The first-order chi connectivity index (χ1) is 11.1. The fraction of sp³-hybridized carbons (Fsp3) is 0.222. The molecule has 0 aromatic heterocycles. The van der Waals surface area contributed by atoms with Crippen molar-refractivity contribution >= 4 is 33.7 Å². The zero-order valence-corrected chi connectivity index (χ0v) is 13.8. The van der Waals surface area contributed by atoms with E-state index in [1.54, 1.807) is 7.11 Å². The van der Waals surface area contributed by atoms with Crippen LogP contribution in [-0.2, 0) is 11.2 Å². The highest BCUT2D eigenvalue weighted by atomic mass is 32.2. The van der Waals surface area contributed by atoms with E-state index in [1.165, 1.54) is 5.56 Å². The summed E-state index contributed by atoms with van der Waals surface area (Å²) >= 11 is 0.990. The molecule has 1 heterocycles. The van der Waals surface area contributed by atoms with Gasteiger partial charge in [-0.25, -0.2) is 0 Å². The average molecular weight is 327 g/mol. The van der Waals surface area contributed by atoms with Crippen LogP contribution in [0, 0.1) is 0 Å². The molecule has 118 valence electrons. The number of methoxy groups -OCH3 is 1. The molecule has 1 aliphatic rings. The van der Waals surface area contributed by atoms with E-state index in [2.05, 4.69) is 23.5 Å². The van der Waals surface area contributed by atoms with Crippen LogP contribution in [0.1, 0.15) is 18.9 Å². The summed E-state index contributed by atoms with van der Waals surface area (Å²) in [5.41, 5.74) is 2.16. The molecule has 2 amide bonds. The van der Waals surface area contributed by atoms with Crippen LogP contribution in [0.4, 0.5) is 4.79 Å². The lowest BCUT2D eigenvalue weighted by Crippen LogP contribution is -2.18. The highest BCUT2D eigenvalue weighted by molar-refractivity contribution is 8.18. The number of fused-ring (bicyclic) bond motifs is 1. The second-order valence-corrected chi connectivity index (χ2v) is 6.48. The Balaban J connectivity index is 1.76. The second kappa shape index (κ2) is 6.46. The lowest BCUT2D eigenvalue weighted by Gasteiger charge is -2.07. The lowest BCUT2D eigenvalue weighted by atomic mass is 10.0. The SMILES string of the molecule is COc1ccc2cc(CC/C(C)=C3/SC(=O)NC3=O)ccc2c1. The zero-order valence-electron chi connectivity index (χ0n) is 13.0. The van der Waals surface area contributed by atoms with Crippen LogP contribution < -0.4 is 10.1 Å². The lowest BCUT2D eigenvalue weighted by molar-refractivity contribution is -0.115. The third-order valence-electron chi connectivity index (χ3n) is 3.90. The Bertz CT molecular complexity index is 826. The van der Waals surface area contributed by atoms with Crippen molar-refractivity contribution in [3.63, 3.8) is 0 Å². The molecule has 0 unspecified atom stereocenters. The molecule has 3 rings (SSSR count). The minimum Gasteiger partial charge on any atom is -0.497 e. The van der Waals surface area contributed by atoms with Crippen LogP contribution in [0.3, 0.4) is 0 Å². The number of hydrogen-bond donors (Lipinski definition) is 1. The molecule has 0 saturated carbocycles. The Morgan fingerprint density at radius 2 is 1.87 bits per heavy atom. The Kier molecular flexibility index (Phi) is 4.39. The maximum Gasteiger partial charge on any atom is 0.290 e. The number of nitrogens with one attached hydrogen (secondary N) is 1. The molecule has 0 bridgehead atoms. The second-order valence-electron chi connectivity index (χ2n) is 5.50. The Labute approximate surface area is 138 Å². The third-order valence-corrected chi connectivity index (χ3v) is 4.93. The van der Waals surface area contributed by atoms with E-state index in [9.17, 15) is 9.59 Å². The number of benzene rings is 2. The summed E-state index contributed by atoms with van der Waals surface area (Å²) in [5, 5.41) is 4.31. The van der Waals surface area contributed by atoms with Gasteiger partial charge in [0.05, 0.1) is 12.0 Å². The van der Waals surface area contributed by atoms with E-state index in [-0.39, 0.29) is 11.1 Å². The molecule has 2 aromatic carbocycles. The van der Waals surface area contributed by atoms with Crippen molar-refractivity contribution in [1.82, 2.24) is 5.32 Å². The number of carbonyl (C=O) groups is 2. The first kappa shape index (κ1) is 15.6. The molecule has 0 radical (unpaired) electrons. The molecule has 4 nitrogen and oxygen atoms in total. The number of aryl methyl sites for hydroxylation is 1. The van der Waals surface area contributed by atoms with Crippen molar-refractivity contribution in [2.24, 2.45) is 0 Å². The highest BCUT2D eigenvalue weighted by Crippen LogP contribution is 2.29. The number of carbonyl (C=O) groups excluding carboxylic acids is 2. The molecule has 1 N–H and O–H groups in total. The quantitative estimate of drug-likeness (QED) is 0.861. The van der Waals surface area contributed by atoms with E-state index in [1.807, 2.05) is 25.1 Å². The van der Waals surface area contributed by atoms with E-state index < -0.39 is 0 Å². The maximum absolute atomic E-state index is 11.7. The van der Waals surface area contributed by atoms with Gasteiger partial charge in [0, 0.05) is 0 Å². The summed E-state index contributed by atoms with van der Waals surface area (Å²) in [4.78, 5) is 23.4. The van der Waals surface area contributed by atoms with Crippen LogP contribution in [0.2, 0.25) is 0 Å². The number of allylic oxidation sites excluding steroid dienone is 1. The van der Waals surface area contributed by atoms with Gasteiger partial charge in [-0.05, 0) is 60.0 Å². The number of amides is 2. The molecule has 0 aliphatic carbocycles. The summed E-state index contributed by atoms with van der Waals surface area (Å²) in [6.07, 6.45) is 1.59. The number of rotatable bonds is 4. The average Bonchev–Trinajstić information content (AvgIpc) is 2.90. The van der Waals surface area contributed by atoms with Gasteiger partial charge < -0.3 is 4.74 Å². The molecular formula is C18H17NO3S. The Morgan fingerprint density at radius 1 is 1.13 bits per heavy atom. The number of thioether (sulfide) groups is 1. The van der Waals surface area contributed by atoms with Crippen LogP contribution >= 0.6 is 11.8 Å². The Hall–Kier alpha value is -2.27. The minimum atomic E-state index is -0.288. The number of hydrogen-bond acceptors (Lipinski definition) is 4.